The summed E-state index contributed by atoms with van der Waals surface area (Å²) in [5.74, 6) is -0.472. The molecule has 4 N–H and O–H groups in total. The number of amides is 2. The van der Waals surface area contributed by atoms with Crippen LogP contribution in [-0.4, -0.2) is 24.4 Å². The van der Waals surface area contributed by atoms with Crippen LogP contribution in [-0.2, 0) is 9.59 Å². The number of aryl methyl sites for hydroxylation is 2. The van der Waals surface area contributed by atoms with Gasteiger partial charge in [0.1, 0.15) is 6.04 Å². The van der Waals surface area contributed by atoms with E-state index in [2.05, 4.69) is 10.6 Å². The fraction of sp³-hybridized carbons (Fsp3) is 0.333. The predicted octanol–water partition coefficient (Wildman–Crippen LogP) is 3.38. The van der Waals surface area contributed by atoms with Crippen LogP contribution in [0.4, 0.5) is 5.69 Å². The molecule has 0 bridgehead atoms. The van der Waals surface area contributed by atoms with Gasteiger partial charge in [0.15, 0.2) is 6.04 Å². The Labute approximate surface area is 175 Å². The van der Waals surface area contributed by atoms with Crippen molar-refractivity contribution >= 4 is 40.7 Å². The number of nitrogens with one attached hydrogen (secondary N) is 2. The molecule has 0 aliphatic heterocycles. The van der Waals surface area contributed by atoms with Crippen LogP contribution in [0, 0.1) is 13.8 Å². The molecule has 28 heavy (non-hydrogen) atoms. The summed E-state index contributed by atoms with van der Waals surface area (Å²) >= 11 is 12.2. The molecule has 2 aromatic carbocycles. The van der Waals surface area contributed by atoms with Gasteiger partial charge in [-0.25, -0.2) is 0 Å². The van der Waals surface area contributed by atoms with Crippen molar-refractivity contribution in [2.45, 2.75) is 39.8 Å². The van der Waals surface area contributed by atoms with Gasteiger partial charge in [-0.15, -0.1) is 0 Å². The molecule has 2 rings (SSSR count). The van der Waals surface area contributed by atoms with Crippen molar-refractivity contribution in [2.75, 3.05) is 11.9 Å². The molecule has 0 aliphatic carbocycles. The first kappa shape index (κ1) is 22.2. The van der Waals surface area contributed by atoms with Crippen molar-refractivity contribution < 1.29 is 14.9 Å². The Bertz CT molecular complexity index is 850. The molecule has 0 saturated heterocycles. The number of hydrogen-bond acceptors (Lipinski definition) is 2. The van der Waals surface area contributed by atoms with Gasteiger partial charge < -0.3 is 16.0 Å². The van der Waals surface area contributed by atoms with E-state index in [0.29, 0.717) is 10.0 Å². The monoisotopic (exact) mass is 422 g/mol. The Morgan fingerprint density at radius 3 is 2.32 bits per heavy atom. The van der Waals surface area contributed by atoms with Gasteiger partial charge in [-0.2, -0.15) is 0 Å². The summed E-state index contributed by atoms with van der Waals surface area (Å²) in [7, 11) is 0. The maximum absolute atomic E-state index is 12.4. The number of hydrogen-bond donors (Lipinski definition) is 3. The number of anilines is 1. The number of rotatable bonds is 7. The van der Waals surface area contributed by atoms with Crippen LogP contribution >= 0.6 is 23.2 Å². The average molecular weight is 423 g/mol. The lowest BCUT2D eigenvalue weighted by Crippen LogP contribution is -2.92. The van der Waals surface area contributed by atoms with E-state index in [1.165, 1.54) is 0 Å². The molecule has 2 amide bonds. The van der Waals surface area contributed by atoms with Crippen molar-refractivity contribution in [3.8, 4) is 0 Å². The quantitative estimate of drug-likeness (QED) is 0.639. The zero-order valence-electron chi connectivity index (χ0n) is 16.5. The lowest BCUT2D eigenvalue weighted by molar-refractivity contribution is -0.710. The first-order valence-corrected chi connectivity index (χ1v) is 9.88. The zero-order chi connectivity index (χ0) is 20.8. The number of benzene rings is 2. The second-order valence-electron chi connectivity index (χ2n) is 6.97. The maximum Gasteiger partial charge on any atom is 0.278 e. The van der Waals surface area contributed by atoms with Crippen molar-refractivity contribution in [1.82, 2.24) is 5.32 Å². The van der Waals surface area contributed by atoms with Crippen molar-refractivity contribution in [3.05, 3.63) is 63.1 Å². The second kappa shape index (κ2) is 9.92. The molecule has 2 aromatic rings. The van der Waals surface area contributed by atoms with E-state index in [0.717, 1.165) is 22.4 Å². The van der Waals surface area contributed by atoms with Gasteiger partial charge in [0, 0.05) is 16.3 Å². The topological polar surface area (TPSA) is 74.8 Å². The standard InChI is InChI=1S/C21H25Cl2N3O2/c1-12-6-5-7-13(2)20(12)26-19(27)11-24-21(28)15(4)25-14(3)17-9-8-16(22)10-18(17)23/h5-10,14-15,25H,11H2,1-4H3,(H,24,28)(H,26,27)/p+1/t14-,15+/m1/s1. The van der Waals surface area contributed by atoms with Crippen LogP contribution < -0.4 is 16.0 Å². The van der Waals surface area contributed by atoms with Crippen LogP contribution in [0.5, 0.6) is 0 Å². The molecule has 2 atom stereocenters. The van der Waals surface area contributed by atoms with Gasteiger partial charge in [0.25, 0.3) is 5.91 Å². The molecule has 0 spiro atoms. The van der Waals surface area contributed by atoms with E-state index in [9.17, 15) is 9.59 Å². The number of quaternary nitrogens is 1. The maximum atomic E-state index is 12.4. The minimum Gasteiger partial charge on any atom is -0.342 e. The van der Waals surface area contributed by atoms with Crippen LogP contribution in [0.2, 0.25) is 10.0 Å². The molecule has 0 fully saturated rings. The molecule has 5 nitrogen and oxygen atoms in total. The van der Waals surface area contributed by atoms with Crippen molar-refractivity contribution in [3.63, 3.8) is 0 Å². The smallest absolute Gasteiger partial charge is 0.278 e. The highest BCUT2D eigenvalue weighted by Gasteiger charge is 2.22. The van der Waals surface area contributed by atoms with Crippen molar-refractivity contribution in [2.24, 2.45) is 0 Å². The third kappa shape index (κ3) is 5.96. The molecule has 0 aliphatic rings. The van der Waals surface area contributed by atoms with E-state index < -0.39 is 0 Å². The van der Waals surface area contributed by atoms with Crippen LogP contribution in [0.3, 0.4) is 0 Å². The van der Waals surface area contributed by atoms with E-state index in [-0.39, 0.29) is 30.4 Å². The fourth-order valence-corrected chi connectivity index (χ4v) is 3.60. The summed E-state index contributed by atoms with van der Waals surface area (Å²) in [6.07, 6.45) is 0. The van der Waals surface area contributed by atoms with Crippen molar-refractivity contribution in [1.29, 1.82) is 0 Å². The fourth-order valence-electron chi connectivity index (χ4n) is 3.02. The number of para-hydroxylation sites is 1. The Balaban J connectivity index is 1.87. The Morgan fingerprint density at radius 1 is 1.07 bits per heavy atom. The largest absolute Gasteiger partial charge is 0.342 e. The molecule has 150 valence electrons. The van der Waals surface area contributed by atoms with Crippen LogP contribution in [0.1, 0.15) is 36.6 Å². The predicted molar refractivity (Wildman–Crippen MR) is 114 cm³/mol. The number of carbonyl (C=O) groups excluding carboxylic acids is 2. The van der Waals surface area contributed by atoms with Gasteiger partial charge in [-0.05, 0) is 51.0 Å². The van der Waals surface area contributed by atoms with Crippen LogP contribution in [0.15, 0.2) is 36.4 Å². The van der Waals surface area contributed by atoms with E-state index >= 15 is 0 Å². The second-order valence-corrected chi connectivity index (χ2v) is 7.81. The highest BCUT2D eigenvalue weighted by molar-refractivity contribution is 6.35. The SMILES string of the molecule is Cc1cccc(C)c1NC(=O)CNC(=O)[C@H](C)[NH2+][C@H](C)c1ccc(Cl)cc1Cl. The van der Waals surface area contributed by atoms with Crippen LogP contribution in [0.25, 0.3) is 0 Å². The van der Waals surface area contributed by atoms with E-state index in [4.69, 9.17) is 23.2 Å². The summed E-state index contributed by atoms with van der Waals surface area (Å²) in [6, 6.07) is 10.7. The lowest BCUT2D eigenvalue weighted by Gasteiger charge is -2.18. The third-order valence-electron chi connectivity index (χ3n) is 4.61. The lowest BCUT2D eigenvalue weighted by atomic mass is 10.1. The minimum absolute atomic E-state index is 0.0334. The van der Waals surface area contributed by atoms with Gasteiger partial charge in [-0.1, -0.05) is 47.5 Å². The summed E-state index contributed by atoms with van der Waals surface area (Å²) in [5, 5.41) is 8.58. The van der Waals surface area contributed by atoms with E-state index in [1.807, 2.05) is 50.4 Å². The third-order valence-corrected chi connectivity index (χ3v) is 5.18. The summed E-state index contributed by atoms with van der Waals surface area (Å²) in [5.41, 5.74) is 3.65. The molecule has 0 radical (unpaired) electrons. The first-order valence-electron chi connectivity index (χ1n) is 9.12. The average Bonchev–Trinajstić information content (AvgIpc) is 2.62. The highest BCUT2D eigenvalue weighted by atomic mass is 35.5. The van der Waals surface area contributed by atoms with Gasteiger partial charge >= 0.3 is 0 Å². The molecule has 7 heteroatoms. The van der Waals surface area contributed by atoms with Gasteiger partial charge in [0.05, 0.1) is 11.6 Å². The summed E-state index contributed by atoms with van der Waals surface area (Å²) < 4.78 is 0. The number of nitrogens with two attached hydrogens (primary N) is 1. The Morgan fingerprint density at radius 2 is 1.71 bits per heavy atom. The highest BCUT2D eigenvalue weighted by Crippen LogP contribution is 2.24. The Kier molecular flexibility index (Phi) is 7.87. The molecule has 0 heterocycles. The number of halogens is 2. The summed E-state index contributed by atoms with van der Waals surface area (Å²) in [4.78, 5) is 24.6. The molecular weight excluding hydrogens is 397 g/mol. The minimum atomic E-state index is -0.380. The van der Waals surface area contributed by atoms with E-state index in [1.54, 1.807) is 19.1 Å². The zero-order valence-corrected chi connectivity index (χ0v) is 18.0. The van der Waals surface area contributed by atoms with Gasteiger partial charge in [-0.3, -0.25) is 9.59 Å². The summed E-state index contributed by atoms with van der Waals surface area (Å²) in [6.45, 7) is 7.54. The molecule has 0 unspecified atom stereocenters. The van der Waals surface area contributed by atoms with Gasteiger partial charge in [0.2, 0.25) is 5.91 Å². The molecule has 0 aromatic heterocycles. The first-order chi connectivity index (χ1) is 13.2. The number of carbonyl (C=O) groups is 2. The molecule has 0 saturated carbocycles. The molecular formula is C21H26Cl2N3O2+. The Hall–Kier alpha value is -2.08. The normalized spacial score (nSPS) is 12.9.